The summed E-state index contributed by atoms with van der Waals surface area (Å²) in [6, 6.07) is 16.2. The average Bonchev–Trinajstić information content (AvgIpc) is 2.55. The Labute approximate surface area is 127 Å². The number of benzene rings is 2. The van der Waals surface area contributed by atoms with Gasteiger partial charge in [-0.25, -0.2) is 0 Å². The molecule has 0 radical (unpaired) electrons. The highest BCUT2D eigenvalue weighted by molar-refractivity contribution is 5.70. The fourth-order valence-electron chi connectivity index (χ4n) is 1.92. The molecule has 0 bridgehead atoms. The lowest BCUT2D eigenvalue weighted by Crippen LogP contribution is -1.95. The second kappa shape index (κ2) is 8.15. The third kappa shape index (κ3) is 4.99. The molecule has 0 aliphatic rings. The van der Waals surface area contributed by atoms with Gasteiger partial charge in [-0.1, -0.05) is 49.8 Å². The summed E-state index contributed by atoms with van der Waals surface area (Å²) in [5, 5.41) is 0. The number of ether oxygens (including phenoxy) is 2. The van der Waals surface area contributed by atoms with Crippen molar-refractivity contribution in [3.05, 3.63) is 59.7 Å². The Bertz CT molecular complexity index is 553. The third-order valence-corrected chi connectivity index (χ3v) is 3.23. The van der Waals surface area contributed by atoms with Crippen LogP contribution in [0.1, 0.15) is 30.9 Å². The SMILES string of the molecule is CCCCOc1ccc(/C=C\c2ccc(OC)cc2)cc1. The fraction of sp³-hybridized carbons (Fsp3) is 0.263. The molecule has 0 saturated heterocycles. The molecule has 0 amide bonds. The minimum atomic E-state index is 0.789. The smallest absolute Gasteiger partial charge is 0.119 e. The molecule has 110 valence electrons. The van der Waals surface area contributed by atoms with Crippen molar-refractivity contribution in [1.82, 2.24) is 0 Å². The van der Waals surface area contributed by atoms with E-state index >= 15 is 0 Å². The summed E-state index contributed by atoms with van der Waals surface area (Å²) in [4.78, 5) is 0. The van der Waals surface area contributed by atoms with Gasteiger partial charge in [0.1, 0.15) is 11.5 Å². The molecule has 0 N–H and O–H groups in total. The lowest BCUT2D eigenvalue weighted by atomic mass is 10.1. The average molecular weight is 282 g/mol. The maximum Gasteiger partial charge on any atom is 0.119 e. The van der Waals surface area contributed by atoms with Crippen molar-refractivity contribution >= 4 is 12.2 Å². The van der Waals surface area contributed by atoms with E-state index in [4.69, 9.17) is 9.47 Å². The molecule has 0 aliphatic heterocycles. The first-order valence-corrected chi connectivity index (χ1v) is 7.37. The quantitative estimate of drug-likeness (QED) is 0.523. The van der Waals surface area contributed by atoms with Crippen LogP contribution in [0.4, 0.5) is 0 Å². The highest BCUT2D eigenvalue weighted by Crippen LogP contribution is 2.16. The van der Waals surface area contributed by atoms with E-state index in [9.17, 15) is 0 Å². The normalized spacial score (nSPS) is 10.8. The molecule has 0 atom stereocenters. The van der Waals surface area contributed by atoms with Gasteiger partial charge in [0, 0.05) is 0 Å². The van der Waals surface area contributed by atoms with Gasteiger partial charge in [-0.05, 0) is 41.8 Å². The summed E-state index contributed by atoms with van der Waals surface area (Å²) in [5.74, 6) is 1.81. The maximum atomic E-state index is 5.65. The van der Waals surface area contributed by atoms with Crippen LogP contribution in [0.15, 0.2) is 48.5 Å². The zero-order chi connectivity index (χ0) is 14.9. The van der Waals surface area contributed by atoms with E-state index in [0.717, 1.165) is 42.1 Å². The number of hydrogen-bond donors (Lipinski definition) is 0. The van der Waals surface area contributed by atoms with Crippen LogP contribution in [0.25, 0.3) is 12.2 Å². The summed E-state index contributed by atoms with van der Waals surface area (Å²) < 4.78 is 10.8. The summed E-state index contributed by atoms with van der Waals surface area (Å²) in [5.41, 5.74) is 2.31. The molecular formula is C19H22O2. The standard InChI is InChI=1S/C19H22O2/c1-3-4-15-21-19-13-9-17(10-14-19)6-5-16-7-11-18(20-2)12-8-16/h5-14H,3-4,15H2,1-2H3/b6-5-. The van der Waals surface area contributed by atoms with Crippen LogP contribution in [-0.2, 0) is 0 Å². The highest BCUT2D eigenvalue weighted by atomic mass is 16.5. The Morgan fingerprint density at radius 3 is 1.81 bits per heavy atom. The van der Waals surface area contributed by atoms with Crippen LogP contribution in [0.2, 0.25) is 0 Å². The predicted octanol–water partition coefficient (Wildman–Crippen LogP) is 5.04. The molecule has 0 aliphatic carbocycles. The van der Waals surface area contributed by atoms with E-state index in [1.165, 1.54) is 0 Å². The van der Waals surface area contributed by atoms with Gasteiger partial charge < -0.3 is 9.47 Å². The zero-order valence-corrected chi connectivity index (χ0v) is 12.7. The van der Waals surface area contributed by atoms with Crippen LogP contribution < -0.4 is 9.47 Å². The van der Waals surface area contributed by atoms with Crippen molar-refractivity contribution < 1.29 is 9.47 Å². The first kappa shape index (κ1) is 15.2. The summed E-state index contributed by atoms with van der Waals surface area (Å²) in [6.45, 7) is 2.95. The topological polar surface area (TPSA) is 18.5 Å². The molecule has 0 heterocycles. The van der Waals surface area contributed by atoms with E-state index in [0.29, 0.717) is 0 Å². The van der Waals surface area contributed by atoms with Gasteiger partial charge >= 0.3 is 0 Å². The van der Waals surface area contributed by atoms with Crippen molar-refractivity contribution in [1.29, 1.82) is 0 Å². The van der Waals surface area contributed by atoms with E-state index in [-0.39, 0.29) is 0 Å². The Hall–Kier alpha value is -2.22. The molecule has 2 heteroatoms. The Balaban J connectivity index is 1.93. The first-order chi connectivity index (χ1) is 10.3. The summed E-state index contributed by atoms with van der Waals surface area (Å²) in [6.07, 6.45) is 6.44. The van der Waals surface area contributed by atoms with Crippen LogP contribution in [0, 0.1) is 0 Å². The molecule has 2 aromatic carbocycles. The van der Waals surface area contributed by atoms with E-state index in [2.05, 4.69) is 31.2 Å². The van der Waals surface area contributed by atoms with Crippen LogP contribution >= 0.6 is 0 Å². The fourth-order valence-corrected chi connectivity index (χ4v) is 1.92. The lowest BCUT2D eigenvalue weighted by molar-refractivity contribution is 0.309. The van der Waals surface area contributed by atoms with Crippen molar-refractivity contribution in [3.63, 3.8) is 0 Å². The van der Waals surface area contributed by atoms with Crippen LogP contribution in [0.5, 0.6) is 11.5 Å². The van der Waals surface area contributed by atoms with Crippen LogP contribution in [-0.4, -0.2) is 13.7 Å². The van der Waals surface area contributed by atoms with Gasteiger partial charge in [0.05, 0.1) is 13.7 Å². The predicted molar refractivity (Wildman–Crippen MR) is 88.8 cm³/mol. The number of hydrogen-bond acceptors (Lipinski definition) is 2. The maximum absolute atomic E-state index is 5.65. The number of unbranched alkanes of at least 4 members (excludes halogenated alkanes) is 1. The molecule has 2 aromatic rings. The van der Waals surface area contributed by atoms with Crippen molar-refractivity contribution in [2.75, 3.05) is 13.7 Å². The van der Waals surface area contributed by atoms with Crippen molar-refractivity contribution in [3.8, 4) is 11.5 Å². The number of rotatable bonds is 7. The van der Waals surface area contributed by atoms with Crippen molar-refractivity contribution in [2.24, 2.45) is 0 Å². The third-order valence-electron chi connectivity index (χ3n) is 3.23. The zero-order valence-electron chi connectivity index (χ0n) is 12.7. The largest absolute Gasteiger partial charge is 0.497 e. The summed E-state index contributed by atoms with van der Waals surface area (Å²) in [7, 11) is 1.68. The minimum absolute atomic E-state index is 0.789. The minimum Gasteiger partial charge on any atom is -0.497 e. The molecule has 2 nitrogen and oxygen atoms in total. The van der Waals surface area contributed by atoms with Crippen LogP contribution in [0.3, 0.4) is 0 Å². The molecule has 21 heavy (non-hydrogen) atoms. The molecular weight excluding hydrogens is 260 g/mol. The van der Waals surface area contributed by atoms with Gasteiger partial charge in [0.25, 0.3) is 0 Å². The highest BCUT2D eigenvalue weighted by Gasteiger charge is 1.94. The molecule has 0 saturated carbocycles. The van der Waals surface area contributed by atoms with Gasteiger partial charge in [0.15, 0.2) is 0 Å². The first-order valence-electron chi connectivity index (χ1n) is 7.37. The lowest BCUT2D eigenvalue weighted by Gasteiger charge is -2.05. The molecule has 0 fully saturated rings. The Kier molecular flexibility index (Phi) is 5.89. The molecule has 0 aromatic heterocycles. The molecule has 0 spiro atoms. The Morgan fingerprint density at radius 1 is 0.810 bits per heavy atom. The van der Waals surface area contributed by atoms with E-state index in [1.807, 2.05) is 36.4 Å². The Morgan fingerprint density at radius 2 is 1.33 bits per heavy atom. The monoisotopic (exact) mass is 282 g/mol. The van der Waals surface area contributed by atoms with Gasteiger partial charge in [0.2, 0.25) is 0 Å². The summed E-state index contributed by atoms with van der Waals surface area (Å²) >= 11 is 0. The number of methoxy groups -OCH3 is 1. The van der Waals surface area contributed by atoms with Gasteiger partial charge in [-0.2, -0.15) is 0 Å². The van der Waals surface area contributed by atoms with E-state index in [1.54, 1.807) is 7.11 Å². The second-order valence-corrected chi connectivity index (χ2v) is 4.88. The van der Waals surface area contributed by atoms with Gasteiger partial charge in [-0.15, -0.1) is 0 Å². The molecule has 0 unspecified atom stereocenters. The van der Waals surface area contributed by atoms with Crippen molar-refractivity contribution in [2.45, 2.75) is 19.8 Å². The second-order valence-electron chi connectivity index (χ2n) is 4.88. The van der Waals surface area contributed by atoms with Gasteiger partial charge in [-0.3, -0.25) is 0 Å². The van der Waals surface area contributed by atoms with E-state index < -0.39 is 0 Å². The molecule has 2 rings (SSSR count).